The van der Waals surface area contributed by atoms with Gasteiger partial charge < -0.3 is 19.5 Å². The van der Waals surface area contributed by atoms with Crippen LogP contribution in [0.15, 0.2) is 46.3 Å². The maximum absolute atomic E-state index is 11.7. The van der Waals surface area contributed by atoms with Crippen LogP contribution in [0, 0.1) is 0 Å². The van der Waals surface area contributed by atoms with Crippen molar-refractivity contribution in [3.8, 4) is 5.75 Å². The van der Waals surface area contributed by atoms with Gasteiger partial charge in [-0.3, -0.25) is 0 Å². The summed E-state index contributed by atoms with van der Waals surface area (Å²) in [4.78, 5) is 25.6. The van der Waals surface area contributed by atoms with Crippen molar-refractivity contribution in [2.24, 2.45) is 4.99 Å². The highest BCUT2D eigenvalue weighted by Crippen LogP contribution is 2.43. The Kier molecular flexibility index (Phi) is 8.16. The van der Waals surface area contributed by atoms with Crippen LogP contribution in [-0.2, 0) is 21.5 Å². The molecule has 0 bridgehead atoms. The smallest absolute Gasteiger partial charge is 0.202 e. The molecule has 0 aromatic heterocycles. The van der Waals surface area contributed by atoms with Gasteiger partial charge >= 0.3 is 0 Å². The molecule has 4 rings (SSSR count). The highest BCUT2D eigenvalue weighted by atomic mass is 32.2. The van der Waals surface area contributed by atoms with E-state index in [1.807, 2.05) is 45.4 Å². The van der Waals surface area contributed by atoms with Gasteiger partial charge in [0.05, 0.1) is 12.7 Å². The molecule has 1 heterocycles. The van der Waals surface area contributed by atoms with E-state index in [-0.39, 0.29) is 18.1 Å². The number of rotatable bonds is 11. The van der Waals surface area contributed by atoms with Crippen LogP contribution in [-0.4, -0.2) is 61.2 Å². The van der Waals surface area contributed by atoms with E-state index in [1.165, 1.54) is 11.1 Å². The van der Waals surface area contributed by atoms with Gasteiger partial charge in [0.25, 0.3) is 0 Å². The maximum atomic E-state index is 11.7. The Morgan fingerprint density at radius 3 is 2.91 bits per heavy atom. The number of benzene rings is 2. The third-order valence-corrected chi connectivity index (χ3v) is 7.49. The minimum absolute atomic E-state index is 0.100. The summed E-state index contributed by atoms with van der Waals surface area (Å²) >= 11 is 1.64. The fourth-order valence-electron chi connectivity index (χ4n) is 5.18. The summed E-state index contributed by atoms with van der Waals surface area (Å²) in [5.74, 6) is 1.58. The fraction of sp³-hybridized carbons (Fsp3) is 0.481. The fourth-order valence-corrected chi connectivity index (χ4v) is 5.75. The molecule has 0 spiro atoms. The van der Waals surface area contributed by atoms with Crippen molar-refractivity contribution in [2.45, 2.75) is 55.8 Å². The summed E-state index contributed by atoms with van der Waals surface area (Å²) in [6, 6.07) is 12.3. The number of aldehydes is 1. The number of aliphatic hydroxyl groups is 1. The average molecular weight is 498 g/mol. The molecule has 0 amide bonds. The summed E-state index contributed by atoms with van der Waals surface area (Å²) < 4.78 is 5.92. The number of aliphatic hydroxyl groups excluding tert-OH is 1. The average Bonchev–Trinajstić information content (AvgIpc) is 3.45. The minimum atomic E-state index is -0.448. The van der Waals surface area contributed by atoms with Crippen LogP contribution in [0.5, 0.6) is 5.75 Å². The number of thioether (sulfide) groups is 1. The first-order chi connectivity index (χ1) is 16.9. The molecule has 1 aliphatic heterocycles. The number of amidine groups is 1. The number of ether oxygens (including phenoxy) is 1. The van der Waals surface area contributed by atoms with Crippen molar-refractivity contribution in [3.05, 3.63) is 58.7 Å². The lowest BCUT2D eigenvalue weighted by molar-refractivity contribution is -0.109. The van der Waals surface area contributed by atoms with Gasteiger partial charge in [-0.1, -0.05) is 24.3 Å². The number of hydrogen-bond acceptors (Lipinski definition) is 8. The van der Waals surface area contributed by atoms with Crippen molar-refractivity contribution >= 4 is 23.9 Å². The molecule has 2 unspecified atom stereocenters. The molecule has 0 saturated heterocycles. The molecule has 2 aliphatic rings. The SMILES string of the molecule is CSc1cc(C2N=C(c3cccc4c3CCC4(CC=O)CN(C)CCO)NO2)ccc1OC(C)C. The molecule has 8 heteroatoms. The second kappa shape index (κ2) is 11.1. The van der Waals surface area contributed by atoms with E-state index in [4.69, 9.17) is 14.6 Å². The van der Waals surface area contributed by atoms with Crippen molar-refractivity contribution in [1.82, 2.24) is 10.4 Å². The van der Waals surface area contributed by atoms with Crippen LogP contribution < -0.4 is 10.2 Å². The Hall–Kier alpha value is -2.39. The first-order valence-corrected chi connectivity index (χ1v) is 13.3. The lowest BCUT2D eigenvalue weighted by Gasteiger charge is -2.33. The zero-order valence-corrected chi connectivity index (χ0v) is 21.7. The predicted octanol–water partition coefficient (Wildman–Crippen LogP) is 3.87. The molecule has 188 valence electrons. The summed E-state index contributed by atoms with van der Waals surface area (Å²) in [5.41, 5.74) is 7.19. The number of hydroxylamine groups is 1. The zero-order valence-electron chi connectivity index (χ0n) is 20.9. The molecule has 2 aromatic rings. The number of nitrogens with zero attached hydrogens (tertiary/aromatic N) is 2. The van der Waals surface area contributed by atoms with Crippen molar-refractivity contribution < 1.29 is 19.5 Å². The molecule has 0 fully saturated rings. The van der Waals surface area contributed by atoms with E-state index >= 15 is 0 Å². The number of likely N-dealkylation sites (N-methyl/N-ethyl adjacent to an activating group) is 1. The molecular formula is C27H35N3O4S. The van der Waals surface area contributed by atoms with Crippen LogP contribution in [0.3, 0.4) is 0 Å². The van der Waals surface area contributed by atoms with Gasteiger partial charge in [0, 0.05) is 40.9 Å². The van der Waals surface area contributed by atoms with E-state index in [9.17, 15) is 9.90 Å². The minimum Gasteiger partial charge on any atom is -0.490 e. The predicted molar refractivity (Wildman–Crippen MR) is 139 cm³/mol. The number of aliphatic imine (C=N–C) groups is 1. The van der Waals surface area contributed by atoms with Gasteiger partial charge in [0.1, 0.15) is 12.0 Å². The lowest BCUT2D eigenvalue weighted by atomic mass is 9.78. The lowest BCUT2D eigenvalue weighted by Crippen LogP contribution is -2.39. The van der Waals surface area contributed by atoms with Crippen LogP contribution >= 0.6 is 11.8 Å². The van der Waals surface area contributed by atoms with Crippen LogP contribution in [0.25, 0.3) is 0 Å². The molecule has 7 nitrogen and oxygen atoms in total. The molecule has 2 aromatic carbocycles. The maximum Gasteiger partial charge on any atom is 0.202 e. The van der Waals surface area contributed by atoms with Crippen molar-refractivity contribution in [2.75, 3.05) is 33.0 Å². The largest absolute Gasteiger partial charge is 0.490 e. The molecule has 2 atom stereocenters. The number of fused-ring (bicyclic) bond motifs is 1. The normalized spacial score (nSPS) is 21.2. The molecular weight excluding hydrogens is 462 g/mol. The van der Waals surface area contributed by atoms with Gasteiger partial charge in [-0.25, -0.2) is 15.3 Å². The molecule has 2 N–H and O–H groups in total. The Balaban J connectivity index is 1.63. The van der Waals surface area contributed by atoms with Crippen molar-refractivity contribution in [1.29, 1.82) is 0 Å². The highest BCUT2D eigenvalue weighted by Gasteiger charge is 2.41. The Morgan fingerprint density at radius 2 is 2.20 bits per heavy atom. The summed E-state index contributed by atoms with van der Waals surface area (Å²) in [6.45, 7) is 5.45. The van der Waals surface area contributed by atoms with Crippen LogP contribution in [0.1, 0.15) is 55.2 Å². The number of carbonyl (C=O) groups is 1. The Bertz CT molecular complexity index is 1090. The third-order valence-electron chi connectivity index (χ3n) is 6.73. The van der Waals surface area contributed by atoms with Gasteiger partial charge in [-0.2, -0.15) is 0 Å². The number of nitrogens with one attached hydrogen (secondary N) is 1. The summed E-state index contributed by atoms with van der Waals surface area (Å²) in [5, 5.41) is 9.36. The topological polar surface area (TPSA) is 83.4 Å². The molecule has 0 saturated carbocycles. The summed E-state index contributed by atoms with van der Waals surface area (Å²) in [7, 11) is 1.99. The molecule has 35 heavy (non-hydrogen) atoms. The van der Waals surface area contributed by atoms with Gasteiger partial charge in [0.15, 0.2) is 5.84 Å². The van der Waals surface area contributed by atoms with Gasteiger partial charge in [-0.05, 0) is 63.3 Å². The zero-order chi connectivity index (χ0) is 25.0. The van der Waals surface area contributed by atoms with Crippen LogP contribution in [0.4, 0.5) is 0 Å². The second-order valence-electron chi connectivity index (χ2n) is 9.57. The van der Waals surface area contributed by atoms with E-state index in [1.54, 1.807) is 11.8 Å². The van der Waals surface area contributed by atoms with Gasteiger partial charge in [0.2, 0.25) is 6.23 Å². The first kappa shape index (κ1) is 25.7. The second-order valence-corrected chi connectivity index (χ2v) is 10.4. The molecule has 0 radical (unpaired) electrons. The van der Waals surface area contributed by atoms with E-state index in [0.717, 1.165) is 47.4 Å². The van der Waals surface area contributed by atoms with E-state index < -0.39 is 6.23 Å². The van der Waals surface area contributed by atoms with E-state index in [0.29, 0.717) is 18.8 Å². The number of carbonyl (C=O) groups excluding carboxylic acids is 1. The van der Waals surface area contributed by atoms with Crippen molar-refractivity contribution in [3.63, 3.8) is 0 Å². The van der Waals surface area contributed by atoms with Gasteiger partial charge in [-0.15, -0.1) is 11.8 Å². The summed E-state index contributed by atoms with van der Waals surface area (Å²) in [6.07, 6.45) is 4.93. The van der Waals surface area contributed by atoms with Crippen LogP contribution in [0.2, 0.25) is 0 Å². The standard InChI is InChI=1S/C27H35N3O4S/c1-18(2)33-23-9-8-19(16-24(23)35-4)26-28-25(29-34-26)21-6-5-7-22-20(21)10-11-27(22,12-14-31)17-30(3)13-15-32/h5-9,14,16,18,26,32H,10-13,15,17H2,1-4H3,(H,28,29). The van der Waals surface area contributed by atoms with E-state index in [2.05, 4.69) is 28.6 Å². The quantitative estimate of drug-likeness (QED) is 0.360. The molecule has 1 aliphatic carbocycles. The monoisotopic (exact) mass is 497 g/mol. The Labute approximate surface area is 211 Å². The third kappa shape index (κ3) is 5.40. The Morgan fingerprint density at radius 1 is 1.37 bits per heavy atom. The number of hydrogen-bond donors (Lipinski definition) is 2. The highest BCUT2D eigenvalue weighted by molar-refractivity contribution is 7.98. The first-order valence-electron chi connectivity index (χ1n) is 12.1.